The van der Waals surface area contributed by atoms with E-state index in [4.69, 9.17) is 4.74 Å². The maximum Gasteiger partial charge on any atom is 0.332 e. The van der Waals surface area contributed by atoms with Crippen LogP contribution in [0.1, 0.15) is 52.5 Å². The predicted molar refractivity (Wildman–Crippen MR) is 119 cm³/mol. The number of halogens is 1. The summed E-state index contributed by atoms with van der Waals surface area (Å²) in [4.78, 5) is 37.9. The fourth-order valence-electron chi connectivity index (χ4n) is 3.72. The van der Waals surface area contributed by atoms with Gasteiger partial charge in [0.2, 0.25) is 0 Å². The minimum atomic E-state index is -0.580. The number of anilines is 1. The van der Waals surface area contributed by atoms with Crippen LogP contribution in [0.4, 0.5) is 10.1 Å². The van der Waals surface area contributed by atoms with Crippen LogP contribution >= 0.6 is 0 Å². The maximum atomic E-state index is 14.8. The lowest BCUT2D eigenvalue weighted by Crippen LogP contribution is -2.41. The molecule has 1 heterocycles. The molecule has 0 amide bonds. The lowest BCUT2D eigenvalue weighted by Gasteiger charge is -2.21. The predicted octanol–water partition coefficient (Wildman–Crippen LogP) is 3.60. The van der Waals surface area contributed by atoms with Gasteiger partial charge < -0.3 is 10.1 Å². The number of nitrogens with zero attached hydrogens (tertiary/aromatic N) is 2. The Balaban J connectivity index is 2.12. The summed E-state index contributed by atoms with van der Waals surface area (Å²) in [5, 5.41) is 3.26. The van der Waals surface area contributed by atoms with Crippen LogP contribution in [0.25, 0.3) is 10.9 Å². The molecule has 0 spiro atoms. The van der Waals surface area contributed by atoms with Crippen LogP contribution in [0.3, 0.4) is 0 Å². The van der Waals surface area contributed by atoms with Gasteiger partial charge in [-0.25, -0.2) is 14.0 Å². The van der Waals surface area contributed by atoms with Gasteiger partial charge >= 0.3 is 11.7 Å². The van der Waals surface area contributed by atoms with Crippen molar-refractivity contribution in [3.05, 3.63) is 50.9 Å². The van der Waals surface area contributed by atoms with E-state index in [2.05, 4.69) is 5.32 Å². The summed E-state index contributed by atoms with van der Waals surface area (Å²) in [6.07, 6.45) is 6.23. The molecule has 1 aliphatic carbocycles. The van der Waals surface area contributed by atoms with Gasteiger partial charge in [-0.15, -0.1) is 0 Å². The van der Waals surface area contributed by atoms with Gasteiger partial charge in [-0.1, -0.05) is 19.9 Å². The number of allylic oxidation sites excluding steroid dienone is 1. The first-order valence-electron chi connectivity index (χ1n) is 11.0. The summed E-state index contributed by atoms with van der Waals surface area (Å²) in [5.74, 6) is -0.516. The van der Waals surface area contributed by atoms with Gasteiger partial charge in [-0.2, -0.15) is 0 Å². The largest absolute Gasteiger partial charge is 0.463 e. The zero-order chi connectivity index (χ0) is 22.5. The first kappa shape index (κ1) is 22.8. The van der Waals surface area contributed by atoms with Gasteiger partial charge in [-0.05, 0) is 50.7 Å². The molecule has 31 heavy (non-hydrogen) atoms. The average molecular weight is 432 g/mol. The van der Waals surface area contributed by atoms with Gasteiger partial charge in [-0.3, -0.25) is 13.9 Å². The number of benzene rings is 1. The number of carbonyl (C=O) groups excluding carboxylic acids is 1. The second kappa shape index (κ2) is 9.94. The van der Waals surface area contributed by atoms with Crippen LogP contribution in [-0.2, 0) is 16.1 Å². The topological polar surface area (TPSA) is 82.3 Å². The SMILES string of the molecule is CCOC(=O)C=CCn1c(=O)c2cc(F)c(NCC3CC3)cc2n(C(CC)CC)c1=O. The first-order valence-corrected chi connectivity index (χ1v) is 11.0. The number of hydrogen-bond donors (Lipinski definition) is 1. The molecule has 1 aromatic carbocycles. The molecule has 0 aliphatic heterocycles. The van der Waals surface area contributed by atoms with Crippen molar-refractivity contribution in [3.63, 3.8) is 0 Å². The number of esters is 1. The fraction of sp³-hybridized carbons (Fsp3) is 0.522. The fourth-order valence-corrected chi connectivity index (χ4v) is 3.72. The number of rotatable bonds is 10. The molecule has 3 rings (SSSR count). The molecule has 1 saturated carbocycles. The molecule has 1 aromatic heterocycles. The Bertz CT molecular complexity index is 1090. The van der Waals surface area contributed by atoms with E-state index in [0.29, 0.717) is 36.5 Å². The van der Waals surface area contributed by atoms with Crippen LogP contribution in [0, 0.1) is 11.7 Å². The molecule has 1 N–H and O–H groups in total. The molecule has 168 valence electrons. The van der Waals surface area contributed by atoms with E-state index in [1.807, 2.05) is 13.8 Å². The maximum absolute atomic E-state index is 14.8. The monoisotopic (exact) mass is 431 g/mol. The molecule has 0 saturated heterocycles. The summed E-state index contributed by atoms with van der Waals surface area (Å²) in [5.41, 5.74) is -0.324. The van der Waals surface area contributed by atoms with Crippen LogP contribution in [0.2, 0.25) is 0 Å². The third kappa shape index (κ3) is 5.06. The third-order valence-corrected chi connectivity index (χ3v) is 5.67. The van der Waals surface area contributed by atoms with E-state index in [-0.39, 0.29) is 24.6 Å². The zero-order valence-electron chi connectivity index (χ0n) is 18.3. The molecule has 0 atom stereocenters. The molecular formula is C23H30FN3O4. The van der Waals surface area contributed by atoms with Crippen LogP contribution in [0.5, 0.6) is 0 Å². The molecule has 2 aromatic rings. The lowest BCUT2D eigenvalue weighted by molar-refractivity contribution is -0.137. The second-order valence-electron chi connectivity index (χ2n) is 7.87. The van der Waals surface area contributed by atoms with Crippen molar-refractivity contribution in [3.8, 4) is 0 Å². The van der Waals surface area contributed by atoms with E-state index in [0.717, 1.165) is 17.4 Å². The summed E-state index contributed by atoms with van der Waals surface area (Å²) in [6, 6.07) is 2.64. The van der Waals surface area contributed by atoms with Crippen molar-refractivity contribution in [2.45, 2.75) is 59.0 Å². The molecule has 0 bridgehead atoms. The molecule has 0 unspecified atom stereocenters. The van der Waals surface area contributed by atoms with E-state index in [1.165, 1.54) is 18.2 Å². The summed E-state index contributed by atoms with van der Waals surface area (Å²) < 4.78 is 22.2. The highest BCUT2D eigenvalue weighted by Gasteiger charge is 2.23. The number of hydrogen-bond acceptors (Lipinski definition) is 5. The van der Waals surface area contributed by atoms with Gasteiger partial charge in [0.05, 0.1) is 23.2 Å². The number of carbonyl (C=O) groups is 1. The summed E-state index contributed by atoms with van der Waals surface area (Å²) in [7, 11) is 0. The normalized spacial score (nSPS) is 14.0. The van der Waals surface area contributed by atoms with E-state index in [1.54, 1.807) is 17.6 Å². The molecule has 8 heteroatoms. The van der Waals surface area contributed by atoms with E-state index < -0.39 is 23.0 Å². The zero-order valence-corrected chi connectivity index (χ0v) is 18.3. The number of ether oxygens (including phenoxy) is 1. The molecule has 0 radical (unpaired) electrons. The van der Waals surface area contributed by atoms with Gasteiger partial charge in [0.15, 0.2) is 0 Å². The van der Waals surface area contributed by atoms with Gasteiger partial charge in [0.25, 0.3) is 5.56 Å². The van der Waals surface area contributed by atoms with Crippen molar-refractivity contribution >= 4 is 22.6 Å². The summed E-state index contributed by atoms with van der Waals surface area (Å²) >= 11 is 0. The van der Waals surface area contributed by atoms with Crippen molar-refractivity contribution in [2.75, 3.05) is 18.5 Å². The van der Waals surface area contributed by atoms with Crippen molar-refractivity contribution in [1.82, 2.24) is 9.13 Å². The van der Waals surface area contributed by atoms with Crippen molar-refractivity contribution in [1.29, 1.82) is 0 Å². The Kier molecular flexibility index (Phi) is 7.30. The van der Waals surface area contributed by atoms with E-state index >= 15 is 0 Å². The lowest BCUT2D eigenvalue weighted by atomic mass is 10.1. The van der Waals surface area contributed by atoms with Crippen LogP contribution in [-0.4, -0.2) is 28.3 Å². The second-order valence-corrected chi connectivity index (χ2v) is 7.87. The highest BCUT2D eigenvalue weighted by molar-refractivity contribution is 5.83. The highest BCUT2D eigenvalue weighted by atomic mass is 19.1. The number of fused-ring (bicyclic) bond motifs is 1. The molecule has 1 aliphatic rings. The molecule has 1 fully saturated rings. The number of nitrogens with one attached hydrogen (secondary N) is 1. The Labute approximate surface area is 180 Å². The standard InChI is InChI=1S/C23H30FN3O4/c1-4-16(5-2)27-20-13-19(25-14-15-9-10-15)18(24)12-17(20)22(29)26(23(27)30)11-7-8-21(28)31-6-3/h7-8,12-13,15-16,25H,4-6,9-11,14H2,1-3H3. The first-order chi connectivity index (χ1) is 14.9. The van der Waals surface area contributed by atoms with E-state index in [9.17, 15) is 18.8 Å². The van der Waals surface area contributed by atoms with Crippen molar-refractivity contribution in [2.24, 2.45) is 5.92 Å². The smallest absolute Gasteiger partial charge is 0.332 e. The van der Waals surface area contributed by atoms with Crippen LogP contribution in [0.15, 0.2) is 33.9 Å². The summed E-state index contributed by atoms with van der Waals surface area (Å²) in [6.45, 7) is 6.44. The van der Waals surface area contributed by atoms with Gasteiger partial charge in [0, 0.05) is 25.2 Å². The Hall–Kier alpha value is -2.90. The Morgan fingerprint density at radius 1 is 1.26 bits per heavy atom. The third-order valence-electron chi connectivity index (χ3n) is 5.67. The molecule has 7 nitrogen and oxygen atoms in total. The minimum Gasteiger partial charge on any atom is -0.463 e. The van der Waals surface area contributed by atoms with Crippen molar-refractivity contribution < 1.29 is 13.9 Å². The Morgan fingerprint density at radius 2 is 1.97 bits per heavy atom. The van der Waals surface area contributed by atoms with Gasteiger partial charge in [0.1, 0.15) is 5.82 Å². The van der Waals surface area contributed by atoms with Crippen LogP contribution < -0.4 is 16.6 Å². The minimum absolute atomic E-state index is 0.101. The number of aromatic nitrogens is 2. The quantitative estimate of drug-likeness (QED) is 0.459. The highest BCUT2D eigenvalue weighted by Crippen LogP contribution is 2.30. The molecular weight excluding hydrogens is 401 g/mol. The average Bonchev–Trinajstić information content (AvgIpc) is 3.57. The Morgan fingerprint density at radius 3 is 2.58 bits per heavy atom.